The standard InChI is InChI=1S/C6H7NO3.ClH/c1-4-2-5(7-10-4)3-6(8)9;/h2H,3H2,1H3,(H,8,9);1H. The molecule has 0 fully saturated rings. The highest BCUT2D eigenvalue weighted by molar-refractivity contribution is 5.85. The molecule has 0 saturated heterocycles. The Labute approximate surface area is 69.6 Å². The van der Waals surface area contributed by atoms with E-state index >= 15 is 0 Å². The van der Waals surface area contributed by atoms with E-state index in [1.165, 1.54) is 0 Å². The number of aliphatic carboxylic acids is 1. The molecule has 1 N–H and O–H groups in total. The first-order valence-corrected chi connectivity index (χ1v) is 2.82. The molecule has 0 amide bonds. The smallest absolute Gasteiger partial charge is 0.309 e. The SMILES string of the molecule is Cc1cc(CC(=O)O)no1.Cl. The van der Waals surface area contributed by atoms with E-state index in [4.69, 9.17) is 5.11 Å². The number of carboxylic acid groups (broad SMARTS) is 1. The summed E-state index contributed by atoms with van der Waals surface area (Å²) in [5.74, 6) is -0.260. The first-order chi connectivity index (χ1) is 4.68. The number of carbonyl (C=O) groups is 1. The number of hydrogen-bond donors (Lipinski definition) is 1. The summed E-state index contributed by atoms with van der Waals surface area (Å²) in [7, 11) is 0. The van der Waals surface area contributed by atoms with Crippen LogP contribution < -0.4 is 0 Å². The monoisotopic (exact) mass is 177 g/mol. The minimum absolute atomic E-state index is 0. The number of aryl methyl sites for hydroxylation is 1. The molecule has 0 bridgehead atoms. The molecular formula is C6H8ClNO3. The van der Waals surface area contributed by atoms with Crippen molar-refractivity contribution >= 4 is 18.4 Å². The van der Waals surface area contributed by atoms with Gasteiger partial charge in [0, 0.05) is 6.07 Å². The van der Waals surface area contributed by atoms with Gasteiger partial charge in [0.15, 0.2) is 0 Å². The third kappa shape index (κ3) is 3.04. The Balaban J connectivity index is 0.000001000. The molecule has 11 heavy (non-hydrogen) atoms. The van der Waals surface area contributed by atoms with Crippen molar-refractivity contribution in [2.24, 2.45) is 0 Å². The summed E-state index contributed by atoms with van der Waals surface area (Å²) >= 11 is 0. The lowest BCUT2D eigenvalue weighted by Gasteiger charge is -1.82. The van der Waals surface area contributed by atoms with Gasteiger partial charge in [-0.25, -0.2) is 0 Å². The molecular weight excluding hydrogens is 170 g/mol. The van der Waals surface area contributed by atoms with Crippen LogP contribution in [0.3, 0.4) is 0 Å². The first-order valence-electron chi connectivity index (χ1n) is 2.82. The molecule has 5 heteroatoms. The lowest BCUT2D eigenvalue weighted by atomic mass is 10.3. The molecule has 0 aliphatic heterocycles. The number of hydrogen-bond acceptors (Lipinski definition) is 3. The molecule has 1 aromatic rings. The van der Waals surface area contributed by atoms with Crippen LogP contribution in [0.25, 0.3) is 0 Å². The molecule has 1 heterocycles. The van der Waals surface area contributed by atoms with Crippen molar-refractivity contribution in [2.45, 2.75) is 13.3 Å². The number of nitrogens with zero attached hydrogens (tertiary/aromatic N) is 1. The van der Waals surface area contributed by atoms with Gasteiger partial charge in [0.05, 0.1) is 12.1 Å². The van der Waals surface area contributed by atoms with E-state index in [-0.39, 0.29) is 18.8 Å². The number of halogens is 1. The Hall–Kier alpha value is -1.03. The van der Waals surface area contributed by atoms with E-state index in [2.05, 4.69) is 9.68 Å². The minimum atomic E-state index is -0.895. The van der Waals surface area contributed by atoms with Gasteiger partial charge >= 0.3 is 5.97 Å². The fourth-order valence-corrected chi connectivity index (χ4v) is 0.656. The van der Waals surface area contributed by atoms with Crippen LogP contribution >= 0.6 is 12.4 Å². The van der Waals surface area contributed by atoms with E-state index in [1.54, 1.807) is 13.0 Å². The summed E-state index contributed by atoms with van der Waals surface area (Å²) < 4.78 is 4.65. The minimum Gasteiger partial charge on any atom is -0.481 e. The van der Waals surface area contributed by atoms with Crippen molar-refractivity contribution in [3.8, 4) is 0 Å². The second-order valence-electron chi connectivity index (χ2n) is 2.00. The first kappa shape index (κ1) is 9.97. The van der Waals surface area contributed by atoms with Gasteiger partial charge in [-0.05, 0) is 6.92 Å². The molecule has 0 aliphatic rings. The molecule has 4 nitrogen and oxygen atoms in total. The summed E-state index contributed by atoms with van der Waals surface area (Å²) in [5, 5.41) is 11.8. The number of carboxylic acids is 1. The maximum atomic E-state index is 10.1. The van der Waals surface area contributed by atoms with Crippen LogP contribution in [0.4, 0.5) is 0 Å². The topological polar surface area (TPSA) is 63.3 Å². The molecule has 62 valence electrons. The summed E-state index contributed by atoms with van der Waals surface area (Å²) in [6.45, 7) is 1.72. The van der Waals surface area contributed by atoms with Gasteiger partial charge in [0.1, 0.15) is 5.76 Å². The van der Waals surface area contributed by atoms with Gasteiger partial charge in [0.2, 0.25) is 0 Å². The zero-order valence-electron chi connectivity index (χ0n) is 5.90. The van der Waals surface area contributed by atoms with Crippen molar-refractivity contribution < 1.29 is 14.4 Å². The van der Waals surface area contributed by atoms with Gasteiger partial charge < -0.3 is 9.63 Å². The summed E-state index contributed by atoms with van der Waals surface area (Å²) in [4.78, 5) is 10.1. The van der Waals surface area contributed by atoms with Crippen LogP contribution in [-0.2, 0) is 11.2 Å². The predicted octanol–water partition coefficient (Wildman–Crippen LogP) is 1.03. The molecule has 1 rings (SSSR count). The predicted molar refractivity (Wildman–Crippen MR) is 39.8 cm³/mol. The number of aromatic nitrogens is 1. The zero-order valence-corrected chi connectivity index (χ0v) is 6.72. The molecule has 0 saturated carbocycles. The summed E-state index contributed by atoms with van der Waals surface area (Å²) in [5.41, 5.74) is 0.463. The lowest BCUT2D eigenvalue weighted by molar-refractivity contribution is -0.136. The average Bonchev–Trinajstić information content (AvgIpc) is 2.13. The molecule has 1 aromatic heterocycles. The van der Waals surface area contributed by atoms with Crippen LogP contribution in [0.15, 0.2) is 10.6 Å². The largest absolute Gasteiger partial charge is 0.481 e. The van der Waals surface area contributed by atoms with E-state index in [0.717, 1.165) is 0 Å². The zero-order chi connectivity index (χ0) is 7.56. The Kier molecular flexibility index (Phi) is 3.60. The summed E-state index contributed by atoms with van der Waals surface area (Å²) in [6.07, 6.45) is -0.0721. The van der Waals surface area contributed by atoms with Crippen molar-refractivity contribution in [2.75, 3.05) is 0 Å². The van der Waals surface area contributed by atoms with E-state index in [0.29, 0.717) is 11.5 Å². The third-order valence-corrected chi connectivity index (χ3v) is 1.01. The lowest BCUT2D eigenvalue weighted by Crippen LogP contribution is -1.99. The van der Waals surface area contributed by atoms with Crippen LogP contribution in [0.1, 0.15) is 11.5 Å². The van der Waals surface area contributed by atoms with Crippen molar-refractivity contribution in [3.63, 3.8) is 0 Å². The van der Waals surface area contributed by atoms with E-state index in [9.17, 15) is 4.79 Å². The fourth-order valence-electron chi connectivity index (χ4n) is 0.656. The quantitative estimate of drug-likeness (QED) is 0.733. The van der Waals surface area contributed by atoms with E-state index < -0.39 is 5.97 Å². The van der Waals surface area contributed by atoms with Gasteiger partial charge in [0.25, 0.3) is 0 Å². The highest BCUT2D eigenvalue weighted by atomic mass is 35.5. The van der Waals surface area contributed by atoms with Crippen LogP contribution in [0.2, 0.25) is 0 Å². The second-order valence-corrected chi connectivity index (χ2v) is 2.00. The Morgan fingerprint density at radius 2 is 2.45 bits per heavy atom. The maximum Gasteiger partial charge on any atom is 0.309 e. The second kappa shape index (κ2) is 3.98. The number of rotatable bonds is 2. The third-order valence-electron chi connectivity index (χ3n) is 1.01. The van der Waals surface area contributed by atoms with Gasteiger partial charge in [-0.1, -0.05) is 5.16 Å². The molecule has 0 radical (unpaired) electrons. The highest BCUT2D eigenvalue weighted by Gasteiger charge is 2.03. The highest BCUT2D eigenvalue weighted by Crippen LogP contribution is 2.01. The molecule has 0 spiro atoms. The van der Waals surface area contributed by atoms with Crippen LogP contribution in [-0.4, -0.2) is 16.2 Å². The Morgan fingerprint density at radius 1 is 1.82 bits per heavy atom. The molecule has 0 aliphatic carbocycles. The molecule has 0 aromatic carbocycles. The Bertz CT molecular complexity index is 246. The van der Waals surface area contributed by atoms with Gasteiger partial charge in [-0.3, -0.25) is 4.79 Å². The fraction of sp³-hybridized carbons (Fsp3) is 0.333. The van der Waals surface area contributed by atoms with Crippen molar-refractivity contribution in [3.05, 3.63) is 17.5 Å². The van der Waals surface area contributed by atoms with Crippen molar-refractivity contribution in [1.29, 1.82) is 0 Å². The Morgan fingerprint density at radius 3 is 2.82 bits per heavy atom. The maximum absolute atomic E-state index is 10.1. The summed E-state index contributed by atoms with van der Waals surface area (Å²) in [6, 6.07) is 1.61. The van der Waals surface area contributed by atoms with Gasteiger partial charge in [-0.15, -0.1) is 12.4 Å². The van der Waals surface area contributed by atoms with Crippen molar-refractivity contribution in [1.82, 2.24) is 5.16 Å². The molecule has 0 unspecified atom stereocenters. The van der Waals surface area contributed by atoms with Gasteiger partial charge in [-0.2, -0.15) is 0 Å². The van der Waals surface area contributed by atoms with E-state index in [1.807, 2.05) is 0 Å². The molecule has 0 atom stereocenters. The van der Waals surface area contributed by atoms with Crippen LogP contribution in [0.5, 0.6) is 0 Å². The average molecular weight is 178 g/mol. The van der Waals surface area contributed by atoms with Crippen LogP contribution in [0, 0.1) is 6.92 Å². The normalized spacial score (nSPS) is 8.82.